The molecule has 1 N–H and O–H groups in total. The molecule has 1 rings (SSSR count). The number of rotatable bonds is 2. The van der Waals surface area contributed by atoms with E-state index < -0.39 is 20.8 Å². The Bertz CT molecular complexity index is 445. The first kappa shape index (κ1) is 9.72. The van der Waals surface area contributed by atoms with Crippen LogP contribution in [0.4, 0.5) is 0 Å². The fourth-order valence-electron chi connectivity index (χ4n) is 0.889. The summed E-state index contributed by atoms with van der Waals surface area (Å²) >= 11 is 0. The van der Waals surface area contributed by atoms with Crippen LogP contribution in [-0.4, -0.2) is 35.5 Å². The van der Waals surface area contributed by atoms with Gasteiger partial charge >= 0.3 is 5.97 Å². The highest BCUT2D eigenvalue weighted by Crippen LogP contribution is 2.12. The number of carbonyl (C=O) groups is 1. The van der Waals surface area contributed by atoms with Gasteiger partial charge in [-0.1, -0.05) is 0 Å². The van der Waals surface area contributed by atoms with Crippen molar-refractivity contribution in [3.8, 4) is 0 Å². The van der Waals surface area contributed by atoms with Crippen LogP contribution in [0.3, 0.4) is 0 Å². The molecule has 0 amide bonds. The van der Waals surface area contributed by atoms with Crippen LogP contribution in [0.15, 0.2) is 11.2 Å². The van der Waals surface area contributed by atoms with Gasteiger partial charge in [0.1, 0.15) is 5.56 Å². The van der Waals surface area contributed by atoms with Gasteiger partial charge in [-0.05, 0) is 0 Å². The second-order valence-electron chi connectivity index (χ2n) is 2.60. The Morgan fingerprint density at radius 3 is 2.46 bits per heavy atom. The van der Waals surface area contributed by atoms with Crippen molar-refractivity contribution in [3.63, 3.8) is 0 Å². The van der Waals surface area contributed by atoms with Crippen molar-refractivity contribution < 1.29 is 18.3 Å². The van der Waals surface area contributed by atoms with Crippen LogP contribution in [0.1, 0.15) is 10.4 Å². The second-order valence-corrected chi connectivity index (χ2v) is 4.53. The predicted octanol–water partition coefficient (Wildman–Crippen LogP) is -0.478. The highest BCUT2D eigenvalue weighted by atomic mass is 32.2. The number of aryl methyl sites for hydroxylation is 1. The summed E-state index contributed by atoms with van der Waals surface area (Å²) in [6.45, 7) is 0. The molecule has 0 bridgehead atoms. The average Bonchev–Trinajstić information content (AvgIpc) is 2.29. The molecule has 0 fully saturated rings. The number of carboxylic acid groups (broad SMARTS) is 1. The van der Waals surface area contributed by atoms with E-state index >= 15 is 0 Å². The van der Waals surface area contributed by atoms with Crippen LogP contribution < -0.4 is 0 Å². The Morgan fingerprint density at radius 2 is 2.15 bits per heavy atom. The van der Waals surface area contributed by atoms with Crippen molar-refractivity contribution in [2.45, 2.75) is 5.03 Å². The first-order valence-corrected chi connectivity index (χ1v) is 5.18. The van der Waals surface area contributed by atoms with Crippen molar-refractivity contribution >= 4 is 15.8 Å². The number of nitrogens with zero attached hydrogens (tertiary/aromatic N) is 2. The summed E-state index contributed by atoms with van der Waals surface area (Å²) in [5.41, 5.74) is -0.301. The standard InChI is InChI=1S/C6H8N2O4S/c1-8-3-4(6(9)10)5(7-8)13(2,11)12/h3H,1-2H3,(H,9,10). The third kappa shape index (κ3) is 1.86. The van der Waals surface area contributed by atoms with Crippen LogP contribution in [0.2, 0.25) is 0 Å². The van der Waals surface area contributed by atoms with Crippen LogP contribution in [0.5, 0.6) is 0 Å². The molecule has 13 heavy (non-hydrogen) atoms. The maximum absolute atomic E-state index is 11.0. The summed E-state index contributed by atoms with van der Waals surface area (Å²) in [6.07, 6.45) is 2.07. The van der Waals surface area contributed by atoms with Crippen molar-refractivity contribution in [2.24, 2.45) is 7.05 Å². The zero-order valence-corrected chi connectivity index (χ0v) is 7.87. The van der Waals surface area contributed by atoms with E-state index in [1.54, 1.807) is 0 Å². The summed E-state index contributed by atoms with van der Waals surface area (Å²) in [6, 6.07) is 0. The molecule has 0 radical (unpaired) electrons. The first-order valence-electron chi connectivity index (χ1n) is 3.29. The maximum atomic E-state index is 11.0. The molecule has 0 unspecified atom stereocenters. The molecule has 7 heteroatoms. The number of hydrogen-bond acceptors (Lipinski definition) is 4. The topological polar surface area (TPSA) is 89.3 Å². The molecule has 0 atom stereocenters. The molecule has 72 valence electrons. The van der Waals surface area contributed by atoms with E-state index in [2.05, 4.69) is 5.10 Å². The van der Waals surface area contributed by atoms with Crippen molar-refractivity contribution in [1.29, 1.82) is 0 Å². The van der Waals surface area contributed by atoms with E-state index in [1.807, 2.05) is 0 Å². The lowest BCUT2D eigenvalue weighted by Gasteiger charge is -1.92. The lowest BCUT2D eigenvalue weighted by atomic mass is 10.4. The summed E-state index contributed by atoms with van der Waals surface area (Å²) < 4.78 is 23.2. The predicted molar refractivity (Wildman–Crippen MR) is 43.3 cm³/mol. The van der Waals surface area contributed by atoms with Crippen molar-refractivity contribution in [3.05, 3.63) is 11.8 Å². The minimum atomic E-state index is -3.57. The molecule has 0 saturated carbocycles. The highest BCUT2D eigenvalue weighted by Gasteiger charge is 2.22. The van der Waals surface area contributed by atoms with Gasteiger partial charge in [0, 0.05) is 19.5 Å². The van der Waals surface area contributed by atoms with Gasteiger partial charge in [-0.15, -0.1) is 0 Å². The van der Waals surface area contributed by atoms with E-state index in [1.165, 1.54) is 7.05 Å². The minimum Gasteiger partial charge on any atom is -0.478 e. The van der Waals surface area contributed by atoms with Crippen LogP contribution in [0.25, 0.3) is 0 Å². The fraction of sp³-hybridized carbons (Fsp3) is 0.333. The van der Waals surface area contributed by atoms with Crippen LogP contribution >= 0.6 is 0 Å². The van der Waals surface area contributed by atoms with E-state index in [9.17, 15) is 13.2 Å². The molecule has 1 aromatic rings. The smallest absolute Gasteiger partial charge is 0.340 e. The Labute approximate surface area is 74.7 Å². The van der Waals surface area contributed by atoms with Gasteiger partial charge in [-0.3, -0.25) is 4.68 Å². The zero-order chi connectivity index (χ0) is 10.2. The summed E-state index contributed by atoms with van der Waals surface area (Å²) in [5.74, 6) is -1.30. The van der Waals surface area contributed by atoms with E-state index in [0.29, 0.717) is 0 Å². The quantitative estimate of drug-likeness (QED) is 0.702. The second kappa shape index (κ2) is 2.84. The molecule has 1 aromatic heterocycles. The van der Waals surface area contributed by atoms with Crippen LogP contribution in [0, 0.1) is 0 Å². The number of aromatic nitrogens is 2. The van der Waals surface area contributed by atoms with Gasteiger partial charge in [-0.25, -0.2) is 13.2 Å². The minimum absolute atomic E-state index is 0.301. The van der Waals surface area contributed by atoms with E-state index in [-0.39, 0.29) is 5.56 Å². The lowest BCUT2D eigenvalue weighted by molar-refractivity contribution is 0.0692. The van der Waals surface area contributed by atoms with Crippen molar-refractivity contribution in [2.75, 3.05) is 6.26 Å². The summed E-state index contributed by atoms with van der Waals surface area (Å²) in [5, 5.41) is 11.8. The van der Waals surface area contributed by atoms with Gasteiger partial charge < -0.3 is 5.11 Å². The van der Waals surface area contributed by atoms with Gasteiger partial charge in [-0.2, -0.15) is 5.10 Å². The fourth-order valence-corrected chi connectivity index (χ4v) is 1.71. The average molecular weight is 204 g/mol. The molecule has 0 aliphatic heterocycles. The Balaban J connectivity index is 3.46. The SMILES string of the molecule is Cn1cc(C(=O)O)c(S(C)(=O)=O)n1. The molecule has 0 aliphatic rings. The van der Waals surface area contributed by atoms with Gasteiger partial charge in [0.15, 0.2) is 14.9 Å². The molecule has 1 heterocycles. The van der Waals surface area contributed by atoms with Crippen LogP contribution in [-0.2, 0) is 16.9 Å². The van der Waals surface area contributed by atoms with Gasteiger partial charge in [0.2, 0.25) is 0 Å². The Morgan fingerprint density at radius 1 is 1.62 bits per heavy atom. The molecule has 6 nitrogen and oxygen atoms in total. The normalized spacial score (nSPS) is 11.5. The van der Waals surface area contributed by atoms with Crippen molar-refractivity contribution in [1.82, 2.24) is 9.78 Å². The van der Waals surface area contributed by atoms with Gasteiger partial charge in [0.25, 0.3) is 0 Å². The molecular weight excluding hydrogens is 196 g/mol. The highest BCUT2D eigenvalue weighted by molar-refractivity contribution is 7.90. The molecule has 0 saturated heterocycles. The molecule has 0 aliphatic carbocycles. The third-order valence-corrected chi connectivity index (χ3v) is 2.38. The summed E-state index contributed by atoms with van der Waals surface area (Å²) in [7, 11) is -2.11. The largest absolute Gasteiger partial charge is 0.478 e. The molecule has 0 aromatic carbocycles. The number of carboxylic acids is 1. The monoisotopic (exact) mass is 204 g/mol. The van der Waals surface area contributed by atoms with E-state index in [0.717, 1.165) is 17.1 Å². The van der Waals surface area contributed by atoms with E-state index in [4.69, 9.17) is 5.11 Å². The third-order valence-electron chi connectivity index (χ3n) is 1.38. The lowest BCUT2D eigenvalue weighted by Crippen LogP contribution is -2.05. The molecule has 0 spiro atoms. The maximum Gasteiger partial charge on any atom is 0.340 e. The zero-order valence-electron chi connectivity index (χ0n) is 7.05. The first-order chi connectivity index (χ1) is 5.82. The summed E-state index contributed by atoms with van der Waals surface area (Å²) in [4.78, 5) is 10.6. The Kier molecular flexibility index (Phi) is 2.12. The Hall–Kier alpha value is -1.37. The number of aromatic carboxylic acids is 1. The molecular formula is C6H8N2O4S. The number of sulfone groups is 1. The number of hydrogen-bond donors (Lipinski definition) is 1. The van der Waals surface area contributed by atoms with Gasteiger partial charge in [0.05, 0.1) is 0 Å².